The number of hydrogen-bond donors (Lipinski definition) is 0. The van der Waals surface area contributed by atoms with Gasteiger partial charge in [0.25, 0.3) is 0 Å². The third-order valence-electron chi connectivity index (χ3n) is 1.78. The predicted octanol–water partition coefficient (Wildman–Crippen LogP) is 1.08. The van der Waals surface area contributed by atoms with Gasteiger partial charge in [0.1, 0.15) is 5.65 Å². The van der Waals surface area contributed by atoms with Crippen LogP contribution in [-0.4, -0.2) is 14.2 Å². The van der Waals surface area contributed by atoms with E-state index in [1.807, 2.05) is 34.5 Å². The molecule has 3 heteroatoms. The first-order valence-electron chi connectivity index (χ1n) is 3.76. The Morgan fingerprint density at radius 1 is 1.58 bits per heavy atom. The number of terminal acetylenes is 1. The predicted molar refractivity (Wildman–Crippen MR) is 46.8 cm³/mol. The molecule has 12 heavy (non-hydrogen) atoms. The molecule has 2 rings (SSSR count). The van der Waals surface area contributed by atoms with Crippen LogP contribution in [0.3, 0.4) is 0 Å². The molecule has 2 aromatic rings. The lowest BCUT2D eigenvalue weighted by Crippen LogP contribution is -1.92. The van der Waals surface area contributed by atoms with Gasteiger partial charge in [-0.1, -0.05) is 5.92 Å². The normalized spacial score (nSPS) is 10.3. The van der Waals surface area contributed by atoms with Crippen molar-refractivity contribution in [1.82, 2.24) is 14.2 Å². The van der Waals surface area contributed by atoms with Gasteiger partial charge in [-0.2, -0.15) is 5.10 Å². The van der Waals surface area contributed by atoms with Crippen molar-refractivity contribution in [3.63, 3.8) is 0 Å². The SMILES string of the molecule is C#CCn1ccn2nc(C)cc12. The fraction of sp³-hybridized carbons (Fsp3) is 0.222. The summed E-state index contributed by atoms with van der Waals surface area (Å²) in [6.45, 7) is 2.56. The molecule has 0 saturated heterocycles. The smallest absolute Gasteiger partial charge is 0.136 e. The number of aromatic nitrogens is 3. The number of hydrogen-bond acceptors (Lipinski definition) is 1. The summed E-state index contributed by atoms with van der Waals surface area (Å²) < 4.78 is 3.81. The van der Waals surface area contributed by atoms with Crippen molar-refractivity contribution < 1.29 is 0 Å². The van der Waals surface area contributed by atoms with E-state index >= 15 is 0 Å². The second-order valence-electron chi connectivity index (χ2n) is 2.72. The first-order chi connectivity index (χ1) is 5.81. The minimum absolute atomic E-state index is 0.599. The molecule has 2 aromatic heterocycles. The van der Waals surface area contributed by atoms with E-state index in [9.17, 15) is 0 Å². The standard InChI is InChI=1S/C9H9N3/c1-3-4-11-5-6-12-9(11)7-8(2)10-12/h1,5-7H,4H2,2H3. The van der Waals surface area contributed by atoms with Crippen molar-refractivity contribution in [3.05, 3.63) is 24.2 Å². The highest BCUT2D eigenvalue weighted by Crippen LogP contribution is 2.06. The maximum atomic E-state index is 5.22. The lowest BCUT2D eigenvalue weighted by atomic mass is 10.5. The summed E-state index contributed by atoms with van der Waals surface area (Å²) in [4.78, 5) is 0. The van der Waals surface area contributed by atoms with Crippen LogP contribution < -0.4 is 0 Å². The van der Waals surface area contributed by atoms with Gasteiger partial charge < -0.3 is 4.57 Å². The molecule has 0 amide bonds. The second kappa shape index (κ2) is 2.42. The third-order valence-corrected chi connectivity index (χ3v) is 1.78. The Labute approximate surface area is 70.6 Å². The van der Waals surface area contributed by atoms with Gasteiger partial charge in [-0.15, -0.1) is 6.42 Å². The Kier molecular flexibility index (Phi) is 1.41. The van der Waals surface area contributed by atoms with Crippen LogP contribution in [0.2, 0.25) is 0 Å². The molecule has 0 radical (unpaired) electrons. The van der Waals surface area contributed by atoms with E-state index in [0.717, 1.165) is 11.3 Å². The minimum Gasteiger partial charge on any atom is -0.320 e. The number of rotatable bonds is 1. The van der Waals surface area contributed by atoms with Gasteiger partial charge in [0, 0.05) is 18.5 Å². The summed E-state index contributed by atoms with van der Waals surface area (Å²) in [5, 5.41) is 4.24. The number of imidazole rings is 1. The van der Waals surface area contributed by atoms with Crippen LogP contribution in [0.4, 0.5) is 0 Å². The van der Waals surface area contributed by atoms with Crippen molar-refractivity contribution in [2.75, 3.05) is 0 Å². The van der Waals surface area contributed by atoms with E-state index in [2.05, 4.69) is 11.0 Å². The number of aryl methyl sites for hydroxylation is 1. The molecule has 2 heterocycles. The molecule has 0 spiro atoms. The second-order valence-corrected chi connectivity index (χ2v) is 2.72. The maximum absolute atomic E-state index is 5.22. The van der Waals surface area contributed by atoms with Crippen molar-refractivity contribution in [2.45, 2.75) is 13.5 Å². The van der Waals surface area contributed by atoms with E-state index in [4.69, 9.17) is 6.42 Å². The highest BCUT2D eigenvalue weighted by atomic mass is 15.3. The first-order valence-corrected chi connectivity index (χ1v) is 3.76. The van der Waals surface area contributed by atoms with Crippen molar-refractivity contribution >= 4 is 5.65 Å². The Morgan fingerprint density at radius 3 is 3.17 bits per heavy atom. The molecule has 0 aliphatic heterocycles. The summed E-state index contributed by atoms with van der Waals surface area (Å²) in [5.41, 5.74) is 2.06. The summed E-state index contributed by atoms with van der Waals surface area (Å²) in [6, 6.07) is 2.01. The molecule has 0 aliphatic rings. The molecule has 0 aromatic carbocycles. The largest absolute Gasteiger partial charge is 0.320 e. The van der Waals surface area contributed by atoms with Crippen molar-refractivity contribution in [3.8, 4) is 12.3 Å². The van der Waals surface area contributed by atoms with Crippen LogP contribution in [-0.2, 0) is 6.54 Å². The lowest BCUT2D eigenvalue weighted by molar-refractivity contribution is 0.867. The molecule has 0 aliphatic carbocycles. The summed E-state index contributed by atoms with van der Waals surface area (Å²) in [6.07, 6.45) is 9.05. The van der Waals surface area contributed by atoms with Gasteiger partial charge in [-0.25, -0.2) is 4.52 Å². The average molecular weight is 159 g/mol. The van der Waals surface area contributed by atoms with Gasteiger partial charge in [0.05, 0.1) is 12.2 Å². The van der Waals surface area contributed by atoms with Gasteiger partial charge in [0.2, 0.25) is 0 Å². The lowest BCUT2D eigenvalue weighted by Gasteiger charge is -1.93. The zero-order chi connectivity index (χ0) is 8.55. The summed E-state index contributed by atoms with van der Waals surface area (Å²) in [7, 11) is 0. The minimum atomic E-state index is 0.599. The molecule has 0 saturated carbocycles. The van der Waals surface area contributed by atoms with Crippen LogP contribution in [0.15, 0.2) is 18.5 Å². The van der Waals surface area contributed by atoms with Gasteiger partial charge in [0.15, 0.2) is 0 Å². The molecule has 60 valence electrons. The van der Waals surface area contributed by atoms with Crippen LogP contribution in [0.1, 0.15) is 5.69 Å². The summed E-state index contributed by atoms with van der Waals surface area (Å²) in [5.74, 6) is 2.59. The van der Waals surface area contributed by atoms with Gasteiger partial charge >= 0.3 is 0 Å². The average Bonchev–Trinajstić information content (AvgIpc) is 2.52. The topological polar surface area (TPSA) is 22.2 Å². The third kappa shape index (κ3) is 0.892. The number of fused-ring (bicyclic) bond motifs is 1. The van der Waals surface area contributed by atoms with E-state index in [1.165, 1.54) is 0 Å². The van der Waals surface area contributed by atoms with E-state index < -0.39 is 0 Å². The molecule has 0 unspecified atom stereocenters. The molecular formula is C9H9N3. The van der Waals surface area contributed by atoms with Crippen LogP contribution in [0, 0.1) is 19.3 Å². The molecule has 0 atom stereocenters. The Bertz CT molecular complexity index is 442. The fourth-order valence-corrected chi connectivity index (χ4v) is 1.28. The van der Waals surface area contributed by atoms with Gasteiger partial charge in [-0.05, 0) is 6.92 Å². The van der Waals surface area contributed by atoms with Crippen LogP contribution in [0.5, 0.6) is 0 Å². The molecular weight excluding hydrogens is 150 g/mol. The fourth-order valence-electron chi connectivity index (χ4n) is 1.28. The van der Waals surface area contributed by atoms with Crippen LogP contribution in [0.25, 0.3) is 5.65 Å². The molecule has 0 N–H and O–H groups in total. The van der Waals surface area contributed by atoms with E-state index in [1.54, 1.807) is 0 Å². The summed E-state index contributed by atoms with van der Waals surface area (Å²) >= 11 is 0. The Balaban J connectivity index is 2.62. The van der Waals surface area contributed by atoms with Gasteiger partial charge in [-0.3, -0.25) is 0 Å². The zero-order valence-corrected chi connectivity index (χ0v) is 6.86. The molecule has 0 bridgehead atoms. The molecule has 0 fully saturated rings. The highest BCUT2D eigenvalue weighted by molar-refractivity contribution is 5.41. The van der Waals surface area contributed by atoms with Crippen LogP contribution >= 0.6 is 0 Å². The number of nitrogens with zero attached hydrogens (tertiary/aromatic N) is 3. The molecule has 3 nitrogen and oxygen atoms in total. The van der Waals surface area contributed by atoms with Crippen molar-refractivity contribution in [1.29, 1.82) is 0 Å². The Hall–Kier alpha value is -1.69. The maximum Gasteiger partial charge on any atom is 0.136 e. The first kappa shape index (κ1) is 6.99. The zero-order valence-electron chi connectivity index (χ0n) is 6.86. The quantitative estimate of drug-likeness (QED) is 0.571. The van der Waals surface area contributed by atoms with E-state index in [-0.39, 0.29) is 0 Å². The van der Waals surface area contributed by atoms with Crippen molar-refractivity contribution in [2.24, 2.45) is 0 Å². The highest BCUT2D eigenvalue weighted by Gasteiger charge is 2.01. The Morgan fingerprint density at radius 2 is 2.42 bits per heavy atom. The monoisotopic (exact) mass is 159 g/mol. The van der Waals surface area contributed by atoms with E-state index in [0.29, 0.717) is 6.54 Å².